The number of carbonyl (C=O) groups excluding carboxylic acids is 1. The van der Waals surface area contributed by atoms with Crippen molar-refractivity contribution in [2.24, 2.45) is 0 Å². The van der Waals surface area contributed by atoms with Crippen LogP contribution in [0.1, 0.15) is 17.7 Å². The maximum absolute atomic E-state index is 11.4. The Morgan fingerprint density at radius 1 is 1.69 bits per heavy atom. The smallest absolute Gasteiger partial charge is 0.315 e. The predicted molar refractivity (Wildman–Crippen MR) is 61.7 cm³/mol. The number of hydrogen-bond acceptors (Lipinski definition) is 2. The fourth-order valence-electron chi connectivity index (χ4n) is 1.93. The molecule has 1 aliphatic carbocycles. The number of alkyl halides is 1. The number of halogens is 1. The van der Waals surface area contributed by atoms with Crippen LogP contribution in [0.25, 0.3) is 0 Å². The fourth-order valence-corrected chi connectivity index (χ4v) is 2.02. The van der Waals surface area contributed by atoms with Gasteiger partial charge in [0.1, 0.15) is 0 Å². The molecule has 0 saturated heterocycles. The Morgan fingerprint density at radius 2 is 2.56 bits per heavy atom. The SMILES string of the molecule is O=C(NCCCl)NC1CCc2cn[nH]c2C1. The number of hydrogen-bond donors (Lipinski definition) is 3. The third-order valence-corrected chi connectivity index (χ3v) is 2.92. The van der Waals surface area contributed by atoms with Crippen molar-refractivity contribution in [3.05, 3.63) is 17.5 Å². The van der Waals surface area contributed by atoms with E-state index in [1.165, 1.54) is 5.56 Å². The third kappa shape index (κ3) is 2.66. The highest BCUT2D eigenvalue weighted by Gasteiger charge is 2.21. The lowest BCUT2D eigenvalue weighted by Crippen LogP contribution is -2.45. The van der Waals surface area contributed by atoms with Crippen LogP contribution >= 0.6 is 11.6 Å². The number of H-pyrrole nitrogens is 1. The van der Waals surface area contributed by atoms with Gasteiger partial charge in [-0.1, -0.05) is 0 Å². The first-order valence-electron chi connectivity index (χ1n) is 5.41. The number of nitrogens with zero attached hydrogens (tertiary/aromatic N) is 1. The Labute approximate surface area is 98.9 Å². The van der Waals surface area contributed by atoms with Crippen molar-refractivity contribution in [3.63, 3.8) is 0 Å². The van der Waals surface area contributed by atoms with Gasteiger partial charge in [-0.15, -0.1) is 11.6 Å². The van der Waals surface area contributed by atoms with Gasteiger partial charge >= 0.3 is 6.03 Å². The number of carbonyl (C=O) groups is 1. The van der Waals surface area contributed by atoms with Crippen LogP contribution in [0.3, 0.4) is 0 Å². The van der Waals surface area contributed by atoms with Gasteiger partial charge in [0, 0.05) is 30.6 Å². The monoisotopic (exact) mass is 242 g/mol. The highest BCUT2D eigenvalue weighted by molar-refractivity contribution is 6.18. The molecule has 16 heavy (non-hydrogen) atoms. The van der Waals surface area contributed by atoms with E-state index in [9.17, 15) is 4.79 Å². The minimum atomic E-state index is -0.145. The molecule has 1 atom stereocenters. The van der Waals surface area contributed by atoms with Gasteiger partial charge in [0.05, 0.1) is 6.20 Å². The van der Waals surface area contributed by atoms with Gasteiger partial charge in [-0.2, -0.15) is 5.10 Å². The van der Waals surface area contributed by atoms with E-state index in [4.69, 9.17) is 11.6 Å². The number of amides is 2. The molecule has 88 valence electrons. The summed E-state index contributed by atoms with van der Waals surface area (Å²) in [6, 6.07) is 0.0388. The number of aromatic amines is 1. The molecule has 1 aromatic heterocycles. The highest BCUT2D eigenvalue weighted by atomic mass is 35.5. The fraction of sp³-hybridized carbons (Fsp3) is 0.600. The lowest BCUT2D eigenvalue weighted by Gasteiger charge is -2.22. The molecule has 0 aliphatic heterocycles. The van der Waals surface area contributed by atoms with Crippen molar-refractivity contribution in [2.45, 2.75) is 25.3 Å². The number of urea groups is 1. The molecule has 1 aromatic rings. The van der Waals surface area contributed by atoms with E-state index in [2.05, 4.69) is 20.8 Å². The molecule has 1 aliphatic rings. The molecule has 0 fully saturated rings. The van der Waals surface area contributed by atoms with Gasteiger partial charge < -0.3 is 10.6 Å². The van der Waals surface area contributed by atoms with Gasteiger partial charge in [0.15, 0.2) is 0 Å². The Hall–Kier alpha value is -1.23. The number of fused-ring (bicyclic) bond motifs is 1. The zero-order valence-electron chi connectivity index (χ0n) is 8.92. The van der Waals surface area contributed by atoms with Crippen molar-refractivity contribution < 1.29 is 4.79 Å². The Bertz CT molecular complexity index is 365. The summed E-state index contributed by atoms with van der Waals surface area (Å²) in [5.41, 5.74) is 2.40. The van der Waals surface area contributed by atoms with Gasteiger partial charge in [0.2, 0.25) is 0 Å². The van der Waals surface area contributed by atoms with Gasteiger partial charge in [-0.05, 0) is 18.4 Å². The van der Waals surface area contributed by atoms with E-state index in [0.29, 0.717) is 12.4 Å². The maximum Gasteiger partial charge on any atom is 0.315 e. The van der Waals surface area contributed by atoms with E-state index in [0.717, 1.165) is 25.0 Å². The zero-order chi connectivity index (χ0) is 11.4. The Kier molecular flexibility index (Phi) is 3.66. The van der Waals surface area contributed by atoms with Crippen molar-refractivity contribution in [2.75, 3.05) is 12.4 Å². The first-order valence-corrected chi connectivity index (χ1v) is 5.94. The summed E-state index contributed by atoms with van der Waals surface area (Å²) in [7, 11) is 0. The molecule has 5 nitrogen and oxygen atoms in total. The molecule has 0 aromatic carbocycles. The number of aromatic nitrogens is 2. The van der Waals surface area contributed by atoms with Crippen LogP contribution in [-0.2, 0) is 12.8 Å². The van der Waals surface area contributed by atoms with Gasteiger partial charge in [-0.3, -0.25) is 5.10 Å². The number of rotatable bonds is 3. The molecular formula is C10H15ClN4O. The first kappa shape index (κ1) is 11.3. The topological polar surface area (TPSA) is 69.8 Å². The molecule has 1 heterocycles. The lowest BCUT2D eigenvalue weighted by atomic mass is 9.94. The van der Waals surface area contributed by atoms with Gasteiger partial charge in [0.25, 0.3) is 0 Å². The maximum atomic E-state index is 11.4. The first-order chi connectivity index (χ1) is 7.79. The molecular weight excluding hydrogens is 228 g/mol. The lowest BCUT2D eigenvalue weighted by molar-refractivity contribution is 0.236. The molecule has 0 radical (unpaired) electrons. The Balaban J connectivity index is 1.82. The van der Waals surface area contributed by atoms with Crippen LogP contribution < -0.4 is 10.6 Å². The quantitative estimate of drug-likeness (QED) is 0.687. The summed E-state index contributed by atoms with van der Waals surface area (Å²) in [6.45, 7) is 0.495. The van der Waals surface area contributed by atoms with Crippen molar-refractivity contribution in [1.82, 2.24) is 20.8 Å². The van der Waals surface area contributed by atoms with Gasteiger partial charge in [-0.25, -0.2) is 4.79 Å². The summed E-state index contributed by atoms with van der Waals surface area (Å²) in [5.74, 6) is 0.433. The van der Waals surface area contributed by atoms with Crippen LogP contribution in [0, 0.1) is 0 Å². The standard InChI is InChI=1S/C10H15ClN4O/c11-3-4-12-10(16)14-8-2-1-7-6-13-15-9(7)5-8/h6,8H,1-5H2,(H,13,15)(H2,12,14,16). The van der Waals surface area contributed by atoms with Crippen molar-refractivity contribution >= 4 is 17.6 Å². The highest BCUT2D eigenvalue weighted by Crippen LogP contribution is 2.18. The van der Waals surface area contributed by atoms with E-state index >= 15 is 0 Å². The summed E-state index contributed by atoms with van der Waals surface area (Å²) in [4.78, 5) is 11.4. The second-order valence-electron chi connectivity index (χ2n) is 3.90. The molecule has 0 saturated carbocycles. The number of aryl methyl sites for hydroxylation is 1. The summed E-state index contributed by atoms with van der Waals surface area (Å²) in [6.07, 6.45) is 4.61. The second kappa shape index (κ2) is 5.21. The van der Waals surface area contributed by atoms with Crippen LogP contribution in [0.15, 0.2) is 6.20 Å². The minimum absolute atomic E-state index is 0.145. The Morgan fingerprint density at radius 3 is 3.38 bits per heavy atom. The number of nitrogens with one attached hydrogen (secondary N) is 3. The molecule has 2 rings (SSSR count). The molecule has 1 unspecified atom stereocenters. The molecule has 2 amide bonds. The van der Waals surface area contributed by atoms with Crippen LogP contribution in [0.4, 0.5) is 4.79 Å². The molecule has 6 heteroatoms. The molecule has 0 bridgehead atoms. The van der Waals surface area contributed by atoms with E-state index in [1.54, 1.807) is 0 Å². The predicted octanol–water partition coefficient (Wildman–Crippen LogP) is 0.805. The normalized spacial score (nSPS) is 18.9. The summed E-state index contributed by atoms with van der Waals surface area (Å²) >= 11 is 5.48. The van der Waals surface area contributed by atoms with Crippen molar-refractivity contribution in [3.8, 4) is 0 Å². The van der Waals surface area contributed by atoms with E-state index in [-0.39, 0.29) is 12.1 Å². The average molecular weight is 243 g/mol. The average Bonchev–Trinajstić information content (AvgIpc) is 2.73. The van der Waals surface area contributed by atoms with Crippen LogP contribution in [-0.4, -0.2) is 34.7 Å². The zero-order valence-corrected chi connectivity index (χ0v) is 9.68. The summed E-state index contributed by atoms with van der Waals surface area (Å²) in [5, 5.41) is 12.6. The largest absolute Gasteiger partial charge is 0.337 e. The summed E-state index contributed by atoms with van der Waals surface area (Å²) < 4.78 is 0. The molecule has 0 spiro atoms. The van der Waals surface area contributed by atoms with Crippen LogP contribution in [0.2, 0.25) is 0 Å². The third-order valence-electron chi connectivity index (χ3n) is 2.74. The van der Waals surface area contributed by atoms with Crippen LogP contribution in [0.5, 0.6) is 0 Å². The minimum Gasteiger partial charge on any atom is -0.337 e. The van der Waals surface area contributed by atoms with Crippen molar-refractivity contribution in [1.29, 1.82) is 0 Å². The van der Waals surface area contributed by atoms with E-state index in [1.807, 2.05) is 6.20 Å². The molecule has 3 N–H and O–H groups in total. The van der Waals surface area contributed by atoms with E-state index < -0.39 is 0 Å². The second-order valence-corrected chi connectivity index (χ2v) is 4.28.